The predicted octanol–water partition coefficient (Wildman–Crippen LogP) is 0.999. The third kappa shape index (κ3) is 2.80. The van der Waals surface area contributed by atoms with E-state index in [9.17, 15) is 4.79 Å². The summed E-state index contributed by atoms with van der Waals surface area (Å²) in [6.45, 7) is 5.07. The molecule has 17 heavy (non-hydrogen) atoms. The Kier molecular flexibility index (Phi) is 4.40. The van der Waals surface area contributed by atoms with Crippen LogP contribution < -0.4 is 5.73 Å². The summed E-state index contributed by atoms with van der Waals surface area (Å²) >= 11 is 0. The van der Waals surface area contributed by atoms with E-state index in [1.807, 2.05) is 4.90 Å². The zero-order valence-electron chi connectivity index (χ0n) is 10.7. The molecule has 0 aromatic carbocycles. The van der Waals surface area contributed by atoms with Gasteiger partial charge in [-0.2, -0.15) is 0 Å². The minimum absolute atomic E-state index is 0.0723. The number of likely N-dealkylation sites (tertiary alicyclic amines) is 1. The summed E-state index contributed by atoms with van der Waals surface area (Å²) in [5, 5.41) is 0. The summed E-state index contributed by atoms with van der Waals surface area (Å²) in [6.07, 6.45) is 4.28. The highest BCUT2D eigenvalue weighted by atomic mass is 16.5. The molecule has 0 bridgehead atoms. The van der Waals surface area contributed by atoms with E-state index in [1.54, 1.807) is 0 Å². The van der Waals surface area contributed by atoms with E-state index in [2.05, 4.69) is 6.92 Å². The van der Waals surface area contributed by atoms with Crippen molar-refractivity contribution in [3.63, 3.8) is 0 Å². The van der Waals surface area contributed by atoms with Crippen molar-refractivity contribution in [2.45, 2.75) is 38.6 Å². The summed E-state index contributed by atoms with van der Waals surface area (Å²) in [7, 11) is 0. The Morgan fingerprint density at radius 3 is 2.88 bits per heavy atom. The first-order chi connectivity index (χ1) is 8.24. The van der Waals surface area contributed by atoms with Crippen molar-refractivity contribution in [2.75, 3.05) is 26.3 Å². The van der Waals surface area contributed by atoms with Crippen molar-refractivity contribution >= 4 is 5.91 Å². The van der Waals surface area contributed by atoms with Gasteiger partial charge in [0.25, 0.3) is 0 Å². The summed E-state index contributed by atoms with van der Waals surface area (Å²) in [6, 6.07) is 0.234. The molecule has 3 atom stereocenters. The van der Waals surface area contributed by atoms with E-state index in [1.165, 1.54) is 6.42 Å². The molecule has 2 rings (SSSR count). The van der Waals surface area contributed by atoms with Gasteiger partial charge in [-0.15, -0.1) is 0 Å². The summed E-state index contributed by atoms with van der Waals surface area (Å²) in [5.41, 5.74) is 5.83. The maximum atomic E-state index is 12.5. The van der Waals surface area contributed by atoms with Crippen LogP contribution in [0.3, 0.4) is 0 Å². The number of ether oxygens (including phenoxy) is 1. The van der Waals surface area contributed by atoms with E-state index < -0.39 is 0 Å². The summed E-state index contributed by atoms with van der Waals surface area (Å²) in [4.78, 5) is 14.5. The average molecular weight is 240 g/mol. The summed E-state index contributed by atoms with van der Waals surface area (Å²) in [5.74, 6) is 0.872. The van der Waals surface area contributed by atoms with Gasteiger partial charge in [-0.05, 0) is 31.6 Å². The Morgan fingerprint density at radius 2 is 2.24 bits per heavy atom. The first kappa shape index (κ1) is 12.8. The molecule has 0 aromatic rings. The molecule has 0 aliphatic carbocycles. The van der Waals surface area contributed by atoms with Gasteiger partial charge in [0.05, 0.1) is 12.5 Å². The van der Waals surface area contributed by atoms with Crippen LogP contribution in [0.4, 0.5) is 0 Å². The average Bonchev–Trinajstić information content (AvgIpc) is 2.38. The van der Waals surface area contributed by atoms with Crippen LogP contribution in [-0.2, 0) is 9.53 Å². The van der Waals surface area contributed by atoms with Gasteiger partial charge in [0, 0.05) is 25.7 Å². The Balaban J connectivity index is 2.00. The third-order valence-corrected chi connectivity index (χ3v) is 4.15. The van der Waals surface area contributed by atoms with Crippen molar-refractivity contribution in [3.8, 4) is 0 Å². The molecule has 4 nitrogen and oxygen atoms in total. The van der Waals surface area contributed by atoms with Gasteiger partial charge in [-0.1, -0.05) is 6.92 Å². The molecule has 1 amide bonds. The highest BCUT2D eigenvalue weighted by Gasteiger charge is 2.34. The molecular formula is C13H24N2O2. The molecule has 4 heteroatoms. The highest BCUT2D eigenvalue weighted by molar-refractivity contribution is 5.79. The fourth-order valence-electron chi connectivity index (χ4n) is 3.05. The van der Waals surface area contributed by atoms with E-state index in [-0.39, 0.29) is 17.9 Å². The van der Waals surface area contributed by atoms with Crippen LogP contribution in [0.15, 0.2) is 0 Å². The lowest BCUT2D eigenvalue weighted by Crippen LogP contribution is -2.53. The standard InChI is InChI=1S/C13H24N2O2/c1-10-4-2-6-15(12(10)8-14)13(16)11-5-3-7-17-9-11/h10-12H,2-9,14H2,1H3/t10-,11-,12-/m1/s1. The second-order valence-corrected chi connectivity index (χ2v) is 5.37. The molecule has 2 aliphatic rings. The minimum atomic E-state index is 0.0723. The van der Waals surface area contributed by atoms with Crippen LogP contribution in [0.1, 0.15) is 32.6 Å². The monoisotopic (exact) mass is 240 g/mol. The molecule has 0 radical (unpaired) electrons. The lowest BCUT2D eigenvalue weighted by Gasteiger charge is -2.41. The van der Waals surface area contributed by atoms with Crippen LogP contribution in [0.2, 0.25) is 0 Å². The molecule has 2 saturated heterocycles. The first-order valence-electron chi connectivity index (χ1n) is 6.82. The molecule has 0 saturated carbocycles. The van der Waals surface area contributed by atoms with Crippen molar-refractivity contribution in [1.29, 1.82) is 0 Å². The van der Waals surface area contributed by atoms with E-state index in [4.69, 9.17) is 10.5 Å². The molecule has 2 heterocycles. The van der Waals surface area contributed by atoms with Gasteiger partial charge < -0.3 is 15.4 Å². The normalized spacial score (nSPS) is 34.7. The number of carbonyl (C=O) groups is 1. The lowest BCUT2D eigenvalue weighted by molar-refractivity contribution is -0.144. The van der Waals surface area contributed by atoms with Gasteiger partial charge >= 0.3 is 0 Å². The fourth-order valence-corrected chi connectivity index (χ4v) is 3.05. The first-order valence-corrected chi connectivity index (χ1v) is 6.82. The quantitative estimate of drug-likeness (QED) is 0.783. The number of nitrogens with zero attached hydrogens (tertiary/aromatic N) is 1. The third-order valence-electron chi connectivity index (χ3n) is 4.15. The van der Waals surface area contributed by atoms with Crippen molar-refractivity contribution in [3.05, 3.63) is 0 Å². The van der Waals surface area contributed by atoms with Crippen LogP contribution >= 0.6 is 0 Å². The Labute approximate surface area is 103 Å². The molecule has 0 spiro atoms. The molecule has 2 fully saturated rings. The van der Waals surface area contributed by atoms with Crippen LogP contribution in [0.25, 0.3) is 0 Å². The maximum Gasteiger partial charge on any atom is 0.228 e. The van der Waals surface area contributed by atoms with Gasteiger partial charge in [0.1, 0.15) is 0 Å². The topological polar surface area (TPSA) is 55.6 Å². The molecule has 2 N–H and O–H groups in total. The van der Waals surface area contributed by atoms with Crippen molar-refractivity contribution in [2.24, 2.45) is 17.6 Å². The maximum absolute atomic E-state index is 12.5. The lowest BCUT2D eigenvalue weighted by atomic mass is 9.89. The number of carbonyl (C=O) groups excluding carboxylic acids is 1. The van der Waals surface area contributed by atoms with E-state index >= 15 is 0 Å². The van der Waals surface area contributed by atoms with Crippen molar-refractivity contribution in [1.82, 2.24) is 4.90 Å². The molecule has 2 aliphatic heterocycles. The Hall–Kier alpha value is -0.610. The number of rotatable bonds is 2. The van der Waals surface area contributed by atoms with Gasteiger partial charge in [0.2, 0.25) is 5.91 Å². The number of hydrogen-bond donors (Lipinski definition) is 1. The molecular weight excluding hydrogens is 216 g/mol. The second kappa shape index (κ2) is 5.83. The number of nitrogens with two attached hydrogens (primary N) is 1. The van der Waals surface area contributed by atoms with Gasteiger partial charge in [-0.25, -0.2) is 0 Å². The Bertz CT molecular complexity index is 264. The van der Waals surface area contributed by atoms with E-state index in [0.29, 0.717) is 19.1 Å². The zero-order valence-corrected chi connectivity index (χ0v) is 10.7. The SMILES string of the molecule is C[C@@H]1CCCN(C(=O)[C@@H]2CCCOC2)[C@@H]1CN. The minimum Gasteiger partial charge on any atom is -0.381 e. The number of amides is 1. The predicted molar refractivity (Wildman–Crippen MR) is 66.5 cm³/mol. The zero-order chi connectivity index (χ0) is 12.3. The van der Waals surface area contributed by atoms with Crippen molar-refractivity contribution < 1.29 is 9.53 Å². The molecule has 0 unspecified atom stereocenters. The number of piperidine rings is 1. The Morgan fingerprint density at radius 1 is 1.41 bits per heavy atom. The largest absolute Gasteiger partial charge is 0.381 e. The second-order valence-electron chi connectivity index (χ2n) is 5.37. The number of hydrogen-bond acceptors (Lipinski definition) is 3. The van der Waals surface area contributed by atoms with Gasteiger partial charge in [-0.3, -0.25) is 4.79 Å². The van der Waals surface area contributed by atoms with Crippen LogP contribution in [0.5, 0.6) is 0 Å². The highest BCUT2D eigenvalue weighted by Crippen LogP contribution is 2.26. The summed E-state index contributed by atoms with van der Waals surface area (Å²) < 4.78 is 5.41. The van der Waals surface area contributed by atoms with E-state index in [0.717, 1.165) is 32.4 Å². The fraction of sp³-hybridized carbons (Fsp3) is 0.923. The molecule has 0 aromatic heterocycles. The van der Waals surface area contributed by atoms with Crippen LogP contribution in [0, 0.1) is 11.8 Å². The molecule has 98 valence electrons. The smallest absolute Gasteiger partial charge is 0.228 e. The van der Waals surface area contributed by atoms with Gasteiger partial charge in [0.15, 0.2) is 0 Å². The van der Waals surface area contributed by atoms with Crippen LogP contribution in [-0.4, -0.2) is 43.2 Å².